The second kappa shape index (κ2) is 6.37. The van der Waals surface area contributed by atoms with Gasteiger partial charge in [-0.25, -0.2) is 0 Å². The van der Waals surface area contributed by atoms with Crippen molar-refractivity contribution in [2.24, 2.45) is 11.8 Å². The van der Waals surface area contributed by atoms with E-state index in [0.717, 1.165) is 0 Å². The zero-order valence-electron chi connectivity index (χ0n) is 11.1. The molecule has 1 aromatic carbocycles. The van der Waals surface area contributed by atoms with E-state index in [2.05, 4.69) is 0 Å². The molecule has 0 unspecified atom stereocenters. The minimum absolute atomic E-state index is 0.115. The summed E-state index contributed by atoms with van der Waals surface area (Å²) in [4.78, 5) is 11.0. The van der Waals surface area contributed by atoms with Crippen molar-refractivity contribution < 1.29 is 22.5 Å². The van der Waals surface area contributed by atoms with Gasteiger partial charge in [-0.3, -0.25) is 8.98 Å². The van der Waals surface area contributed by atoms with Crippen LogP contribution in [-0.2, 0) is 19.1 Å². The normalized spacial score (nSPS) is 23.4. The van der Waals surface area contributed by atoms with Gasteiger partial charge in [0.2, 0.25) is 0 Å². The molecule has 6 heteroatoms. The maximum Gasteiger partial charge on any atom is 0.306 e. The molecule has 0 heterocycles. The molecule has 0 saturated heterocycles. The van der Waals surface area contributed by atoms with Gasteiger partial charge < -0.3 is 5.11 Å². The highest BCUT2D eigenvalue weighted by Crippen LogP contribution is 2.29. The van der Waals surface area contributed by atoms with Crippen molar-refractivity contribution in [2.45, 2.75) is 30.6 Å². The fourth-order valence-corrected chi connectivity index (χ4v) is 3.42. The maximum absolute atomic E-state index is 11.9. The third kappa shape index (κ3) is 3.80. The van der Waals surface area contributed by atoms with Crippen molar-refractivity contribution in [3.63, 3.8) is 0 Å². The summed E-state index contributed by atoms with van der Waals surface area (Å²) in [6, 6.07) is 8.03. The smallest absolute Gasteiger partial charge is 0.306 e. The largest absolute Gasteiger partial charge is 0.481 e. The van der Waals surface area contributed by atoms with E-state index in [1.165, 1.54) is 12.1 Å². The first-order chi connectivity index (χ1) is 9.49. The van der Waals surface area contributed by atoms with Crippen molar-refractivity contribution in [3.05, 3.63) is 30.3 Å². The summed E-state index contributed by atoms with van der Waals surface area (Å²) in [6.45, 7) is 0.129. The lowest BCUT2D eigenvalue weighted by molar-refractivity contribution is -0.143. The highest BCUT2D eigenvalue weighted by molar-refractivity contribution is 7.86. The molecular formula is C14H18O5S. The quantitative estimate of drug-likeness (QED) is 0.843. The molecule has 1 saturated carbocycles. The van der Waals surface area contributed by atoms with Crippen LogP contribution in [0.2, 0.25) is 0 Å². The maximum atomic E-state index is 11.9. The Hall–Kier alpha value is -1.40. The van der Waals surface area contributed by atoms with E-state index in [-0.39, 0.29) is 23.3 Å². The van der Waals surface area contributed by atoms with Crippen LogP contribution < -0.4 is 0 Å². The van der Waals surface area contributed by atoms with Gasteiger partial charge >= 0.3 is 5.97 Å². The number of rotatable bonds is 5. The molecule has 0 spiro atoms. The van der Waals surface area contributed by atoms with Crippen LogP contribution in [0.4, 0.5) is 0 Å². The van der Waals surface area contributed by atoms with Crippen LogP contribution in [0.15, 0.2) is 35.2 Å². The topological polar surface area (TPSA) is 80.7 Å². The van der Waals surface area contributed by atoms with Crippen LogP contribution in [0.5, 0.6) is 0 Å². The molecule has 0 aromatic heterocycles. The molecule has 0 atom stereocenters. The van der Waals surface area contributed by atoms with Crippen molar-refractivity contribution in [1.82, 2.24) is 0 Å². The molecule has 0 aliphatic heterocycles. The van der Waals surface area contributed by atoms with Gasteiger partial charge in [0.1, 0.15) is 0 Å². The average Bonchev–Trinajstić information content (AvgIpc) is 2.46. The van der Waals surface area contributed by atoms with Gasteiger partial charge in [-0.2, -0.15) is 8.42 Å². The highest BCUT2D eigenvalue weighted by atomic mass is 32.2. The number of carbonyl (C=O) groups is 1. The molecule has 2 rings (SSSR count). The SMILES string of the molecule is O=C(O)C1CCC(COS(=O)(=O)c2ccccc2)CC1. The Morgan fingerprint density at radius 1 is 1.15 bits per heavy atom. The van der Waals surface area contributed by atoms with Crippen molar-refractivity contribution in [1.29, 1.82) is 0 Å². The van der Waals surface area contributed by atoms with Crippen molar-refractivity contribution in [3.8, 4) is 0 Å². The van der Waals surface area contributed by atoms with Gasteiger partial charge in [0.05, 0.1) is 17.4 Å². The summed E-state index contributed by atoms with van der Waals surface area (Å²) in [5.74, 6) is -0.942. The Kier molecular flexibility index (Phi) is 4.77. The predicted molar refractivity (Wildman–Crippen MR) is 72.7 cm³/mol. The molecule has 1 aliphatic carbocycles. The number of benzene rings is 1. The van der Waals surface area contributed by atoms with E-state index in [9.17, 15) is 13.2 Å². The Balaban J connectivity index is 1.86. The summed E-state index contributed by atoms with van der Waals surface area (Å²) in [7, 11) is -3.71. The van der Waals surface area contributed by atoms with E-state index in [1.807, 2.05) is 0 Å². The third-order valence-corrected chi connectivity index (χ3v) is 4.98. The van der Waals surface area contributed by atoms with E-state index in [1.54, 1.807) is 18.2 Å². The Bertz CT molecular complexity index is 544. The second-order valence-corrected chi connectivity index (χ2v) is 6.72. The number of carboxylic acid groups (broad SMARTS) is 1. The van der Waals surface area contributed by atoms with Gasteiger partial charge in [-0.1, -0.05) is 18.2 Å². The summed E-state index contributed by atoms with van der Waals surface area (Å²) in [6.07, 6.45) is 2.58. The second-order valence-electron chi connectivity index (χ2n) is 5.11. The summed E-state index contributed by atoms with van der Waals surface area (Å²) < 4.78 is 28.9. The monoisotopic (exact) mass is 298 g/mol. The predicted octanol–water partition coefficient (Wildman–Crippen LogP) is 2.28. The Morgan fingerprint density at radius 2 is 1.75 bits per heavy atom. The third-order valence-electron chi connectivity index (χ3n) is 3.69. The van der Waals surface area contributed by atoms with Crippen LogP contribution in [0.25, 0.3) is 0 Å². The first-order valence-corrected chi connectivity index (χ1v) is 8.07. The Labute approximate surface area is 118 Å². The minimum atomic E-state index is -3.71. The number of hydrogen-bond acceptors (Lipinski definition) is 4. The van der Waals surface area contributed by atoms with Gasteiger partial charge in [0, 0.05) is 0 Å². The first kappa shape index (κ1) is 15.0. The van der Waals surface area contributed by atoms with Crippen LogP contribution in [0, 0.1) is 11.8 Å². The number of carboxylic acids is 1. The molecular weight excluding hydrogens is 280 g/mol. The Morgan fingerprint density at radius 3 is 2.30 bits per heavy atom. The summed E-state index contributed by atoms with van der Waals surface area (Å²) >= 11 is 0. The standard InChI is InChI=1S/C14H18O5S/c15-14(16)12-8-6-11(7-9-12)10-19-20(17,18)13-4-2-1-3-5-13/h1-5,11-12H,6-10H2,(H,15,16). The molecule has 1 N–H and O–H groups in total. The first-order valence-electron chi connectivity index (χ1n) is 6.66. The number of aliphatic carboxylic acids is 1. The molecule has 0 radical (unpaired) electrons. The molecule has 20 heavy (non-hydrogen) atoms. The van der Waals surface area contributed by atoms with Crippen LogP contribution >= 0.6 is 0 Å². The molecule has 1 aliphatic rings. The zero-order chi connectivity index (χ0) is 14.6. The van der Waals surface area contributed by atoms with Crippen LogP contribution in [0.3, 0.4) is 0 Å². The summed E-state index contributed by atoms with van der Waals surface area (Å²) in [5, 5.41) is 8.91. The van der Waals surface area contributed by atoms with E-state index in [4.69, 9.17) is 9.29 Å². The lowest BCUT2D eigenvalue weighted by atomic mass is 9.82. The molecule has 0 amide bonds. The van der Waals surface area contributed by atoms with Crippen molar-refractivity contribution in [2.75, 3.05) is 6.61 Å². The molecule has 1 aromatic rings. The van der Waals surface area contributed by atoms with Gasteiger partial charge in [-0.15, -0.1) is 0 Å². The lowest BCUT2D eigenvalue weighted by Gasteiger charge is -2.25. The fourth-order valence-electron chi connectivity index (χ4n) is 2.42. The van der Waals surface area contributed by atoms with Gasteiger partial charge in [0.15, 0.2) is 0 Å². The molecule has 0 bridgehead atoms. The van der Waals surface area contributed by atoms with E-state index < -0.39 is 16.1 Å². The fraction of sp³-hybridized carbons (Fsp3) is 0.500. The van der Waals surface area contributed by atoms with Gasteiger partial charge in [0.25, 0.3) is 10.1 Å². The molecule has 110 valence electrons. The summed E-state index contributed by atoms with van der Waals surface area (Å²) in [5.41, 5.74) is 0. The zero-order valence-corrected chi connectivity index (χ0v) is 11.9. The molecule has 1 fully saturated rings. The molecule has 5 nitrogen and oxygen atoms in total. The van der Waals surface area contributed by atoms with E-state index in [0.29, 0.717) is 25.7 Å². The lowest BCUT2D eigenvalue weighted by Crippen LogP contribution is -2.24. The highest BCUT2D eigenvalue weighted by Gasteiger charge is 2.27. The number of hydrogen-bond donors (Lipinski definition) is 1. The van der Waals surface area contributed by atoms with Crippen LogP contribution in [0.1, 0.15) is 25.7 Å². The minimum Gasteiger partial charge on any atom is -0.481 e. The van der Waals surface area contributed by atoms with Gasteiger partial charge in [-0.05, 0) is 43.7 Å². The average molecular weight is 298 g/mol. The van der Waals surface area contributed by atoms with Crippen molar-refractivity contribution >= 4 is 16.1 Å². The van der Waals surface area contributed by atoms with E-state index >= 15 is 0 Å². The van der Waals surface area contributed by atoms with Crippen LogP contribution in [-0.4, -0.2) is 26.1 Å².